The summed E-state index contributed by atoms with van der Waals surface area (Å²) in [4.78, 5) is 12.2. The summed E-state index contributed by atoms with van der Waals surface area (Å²) in [6.07, 6.45) is 9.59. The van der Waals surface area contributed by atoms with Crippen molar-refractivity contribution in [3.8, 4) is 0 Å². The Balaban J connectivity index is 0.00000162. The Labute approximate surface area is 117 Å². The first-order valence-corrected chi connectivity index (χ1v) is 7.31. The van der Waals surface area contributed by atoms with Crippen LogP contribution < -0.4 is 10.6 Å². The predicted octanol–water partition coefficient (Wildman–Crippen LogP) is 2.64. The van der Waals surface area contributed by atoms with Crippen LogP contribution in [0.25, 0.3) is 0 Å². The molecule has 0 aromatic rings. The maximum Gasteiger partial charge on any atom is 0.223 e. The van der Waals surface area contributed by atoms with Crippen LogP contribution in [0.1, 0.15) is 58.3 Å². The molecule has 0 aromatic heterocycles. The third-order valence-corrected chi connectivity index (χ3v) is 4.32. The van der Waals surface area contributed by atoms with Gasteiger partial charge in [-0.15, -0.1) is 12.4 Å². The van der Waals surface area contributed by atoms with Gasteiger partial charge in [0.05, 0.1) is 0 Å². The van der Waals surface area contributed by atoms with Gasteiger partial charge in [0.2, 0.25) is 5.91 Å². The van der Waals surface area contributed by atoms with Crippen molar-refractivity contribution < 1.29 is 4.79 Å². The van der Waals surface area contributed by atoms with Crippen molar-refractivity contribution in [3.63, 3.8) is 0 Å². The molecular weight excluding hydrogens is 248 g/mol. The maximum atomic E-state index is 12.2. The van der Waals surface area contributed by atoms with E-state index in [2.05, 4.69) is 17.6 Å². The number of hydrogen-bond donors (Lipinski definition) is 2. The van der Waals surface area contributed by atoms with Crippen molar-refractivity contribution in [2.75, 3.05) is 6.54 Å². The number of nitrogens with one attached hydrogen (secondary N) is 2. The molecule has 2 N–H and O–H groups in total. The Morgan fingerprint density at radius 3 is 2.33 bits per heavy atom. The number of carbonyl (C=O) groups is 1. The second kappa shape index (κ2) is 8.00. The fourth-order valence-electron chi connectivity index (χ4n) is 3.08. The number of halogens is 1. The van der Waals surface area contributed by atoms with Crippen LogP contribution in [0.15, 0.2) is 0 Å². The van der Waals surface area contributed by atoms with Gasteiger partial charge in [-0.2, -0.15) is 0 Å². The number of carbonyl (C=O) groups excluding carboxylic acids is 1. The van der Waals surface area contributed by atoms with Gasteiger partial charge in [0.15, 0.2) is 0 Å². The molecule has 2 atom stereocenters. The Kier molecular flexibility index (Phi) is 7.02. The third kappa shape index (κ3) is 4.43. The van der Waals surface area contributed by atoms with E-state index in [-0.39, 0.29) is 18.3 Å². The Hall–Kier alpha value is -0.280. The van der Waals surface area contributed by atoms with Crippen molar-refractivity contribution in [2.24, 2.45) is 5.92 Å². The van der Waals surface area contributed by atoms with Crippen LogP contribution in [0.5, 0.6) is 0 Å². The standard InChI is InChI=1S/C14H26N2O.ClH/c1-11-13(9-6-10-15-11)16-14(17)12-7-4-2-3-5-8-12;/h11-13,15H,2-10H2,1H3,(H,16,17);1H. The lowest BCUT2D eigenvalue weighted by molar-refractivity contribution is -0.126. The minimum atomic E-state index is 0. The Morgan fingerprint density at radius 2 is 1.72 bits per heavy atom. The van der Waals surface area contributed by atoms with Crippen LogP contribution in [-0.4, -0.2) is 24.5 Å². The summed E-state index contributed by atoms with van der Waals surface area (Å²) in [6.45, 7) is 3.27. The predicted molar refractivity (Wildman–Crippen MR) is 77.1 cm³/mol. The number of piperidine rings is 1. The highest BCUT2D eigenvalue weighted by Gasteiger charge is 2.26. The molecule has 0 spiro atoms. The van der Waals surface area contributed by atoms with E-state index in [0.717, 1.165) is 25.8 Å². The summed E-state index contributed by atoms with van der Waals surface area (Å²) in [5.41, 5.74) is 0. The van der Waals surface area contributed by atoms with Gasteiger partial charge in [0.25, 0.3) is 0 Å². The largest absolute Gasteiger partial charge is 0.352 e. The van der Waals surface area contributed by atoms with E-state index in [1.54, 1.807) is 0 Å². The zero-order valence-electron chi connectivity index (χ0n) is 11.4. The number of amides is 1. The molecule has 1 heterocycles. The quantitative estimate of drug-likeness (QED) is 0.760. The number of rotatable bonds is 2. The van der Waals surface area contributed by atoms with Crippen molar-refractivity contribution in [3.05, 3.63) is 0 Å². The first kappa shape index (κ1) is 15.8. The highest BCUT2D eigenvalue weighted by molar-refractivity contribution is 5.85. The summed E-state index contributed by atoms with van der Waals surface area (Å²) >= 11 is 0. The lowest BCUT2D eigenvalue weighted by Crippen LogP contribution is -2.53. The third-order valence-electron chi connectivity index (χ3n) is 4.32. The molecule has 1 saturated carbocycles. The topological polar surface area (TPSA) is 41.1 Å². The number of hydrogen-bond acceptors (Lipinski definition) is 2. The lowest BCUT2D eigenvalue weighted by atomic mass is 9.96. The lowest BCUT2D eigenvalue weighted by Gasteiger charge is -2.31. The van der Waals surface area contributed by atoms with Crippen LogP contribution in [0.2, 0.25) is 0 Å². The molecule has 0 aromatic carbocycles. The molecule has 18 heavy (non-hydrogen) atoms. The highest BCUT2D eigenvalue weighted by atomic mass is 35.5. The normalized spacial score (nSPS) is 30.1. The maximum absolute atomic E-state index is 12.2. The van der Waals surface area contributed by atoms with E-state index in [0.29, 0.717) is 18.0 Å². The van der Waals surface area contributed by atoms with E-state index in [4.69, 9.17) is 0 Å². The second-order valence-electron chi connectivity index (χ2n) is 5.69. The zero-order chi connectivity index (χ0) is 12.1. The summed E-state index contributed by atoms with van der Waals surface area (Å²) < 4.78 is 0. The fraction of sp³-hybridized carbons (Fsp3) is 0.929. The molecule has 3 nitrogen and oxygen atoms in total. The molecule has 1 saturated heterocycles. The monoisotopic (exact) mass is 274 g/mol. The highest BCUT2D eigenvalue weighted by Crippen LogP contribution is 2.23. The minimum Gasteiger partial charge on any atom is -0.352 e. The van der Waals surface area contributed by atoms with E-state index in [9.17, 15) is 4.79 Å². The zero-order valence-corrected chi connectivity index (χ0v) is 12.2. The van der Waals surface area contributed by atoms with E-state index >= 15 is 0 Å². The molecule has 2 fully saturated rings. The van der Waals surface area contributed by atoms with Gasteiger partial charge in [-0.25, -0.2) is 0 Å². The van der Waals surface area contributed by atoms with Crippen molar-refractivity contribution >= 4 is 18.3 Å². The van der Waals surface area contributed by atoms with Crippen LogP contribution >= 0.6 is 12.4 Å². The Morgan fingerprint density at radius 1 is 1.06 bits per heavy atom. The van der Waals surface area contributed by atoms with Gasteiger partial charge in [0.1, 0.15) is 0 Å². The van der Waals surface area contributed by atoms with Crippen LogP contribution in [0.3, 0.4) is 0 Å². The van der Waals surface area contributed by atoms with Crippen molar-refractivity contribution in [2.45, 2.75) is 70.4 Å². The fourth-order valence-corrected chi connectivity index (χ4v) is 3.08. The smallest absolute Gasteiger partial charge is 0.223 e. The van der Waals surface area contributed by atoms with E-state index in [1.165, 1.54) is 32.1 Å². The molecule has 0 bridgehead atoms. The van der Waals surface area contributed by atoms with Crippen LogP contribution in [0.4, 0.5) is 0 Å². The minimum absolute atomic E-state index is 0. The summed E-state index contributed by atoms with van der Waals surface area (Å²) in [6, 6.07) is 0.776. The Bertz CT molecular complexity index is 252. The first-order valence-electron chi connectivity index (χ1n) is 7.31. The molecule has 0 radical (unpaired) electrons. The summed E-state index contributed by atoms with van der Waals surface area (Å²) in [7, 11) is 0. The van der Waals surface area contributed by atoms with E-state index < -0.39 is 0 Å². The average Bonchev–Trinajstić information content (AvgIpc) is 2.61. The molecule has 4 heteroatoms. The van der Waals surface area contributed by atoms with Crippen LogP contribution in [0, 0.1) is 5.92 Å². The van der Waals surface area contributed by atoms with Gasteiger partial charge in [-0.05, 0) is 39.2 Å². The van der Waals surface area contributed by atoms with Gasteiger partial charge in [-0.1, -0.05) is 25.7 Å². The molecule has 2 unspecified atom stereocenters. The van der Waals surface area contributed by atoms with Crippen molar-refractivity contribution in [1.82, 2.24) is 10.6 Å². The van der Waals surface area contributed by atoms with Crippen molar-refractivity contribution in [1.29, 1.82) is 0 Å². The summed E-state index contributed by atoms with van der Waals surface area (Å²) in [5.74, 6) is 0.596. The van der Waals surface area contributed by atoms with E-state index in [1.807, 2.05) is 0 Å². The average molecular weight is 275 g/mol. The molecule has 1 amide bonds. The summed E-state index contributed by atoms with van der Waals surface area (Å²) in [5, 5.41) is 6.70. The molecule has 2 aliphatic rings. The van der Waals surface area contributed by atoms with Gasteiger partial charge < -0.3 is 10.6 Å². The van der Waals surface area contributed by atoms with Gasteiger partial charge >= 0.3 is 0 Å². The molecule has 1 aliphatic heterocycles. The second-order valence-corrected chi connectivity index (χ2v) is 5.69. The molecule has 1 aliphatic carbocycles. The van der Waals surface area contributed by atoms with Gasteiger partial charge in [0, 0.05) is 18.0 Å². The van der Waals surface area contributed by atoms with Crippen LogP contribution in [-0.2, 0) is 4.79 Å². The SMILES string of the molecule is CC1NCCCC1NC(=O)C1CCCCCC1.Cl. The van der Waals surface area contributed by atoms with Gasteiger partial charge in [-0.3, -0.25) is 4.79 Å². The molecule has 106 valence electrons. The first-order chi connectivity index (χ1) is 8.27. The molecule has 2 rings (SSSR count). The molecular formula is C14H27ClN2O.